The molecule has 150 valence electrons. The fraction of sp³-hybridized carbons (Fsp3) is 0.190. The molecule has 1 heterocycles. The summed E-state index contributed by atoms with van der Waals surface area (Å²) in [6.45, 7) is 5.38. The number of benzene rings is 2. The summed E-state index contributed by atoms with van der Waals surface area (Å²) < 4.78 is 0.496. The molecule has 1 fully saturated rings. The van der Waals surface area contributed by atoms with Crippen LogP contribution in [0, 0.1) is 20.8 Å². The zero-order valence-corrected chi connectivity index (χ0v) is 18.5. The molecule has 0 bridgehead atoms. The summed E-state index contributed by atoms with van der Waals surface area (Å²) in [6.07, 6.45) is 1.46. The van der Waals surface area contributed by atoms with Gasteiger partial charge in [-0.05, 0) is 95.5 Å². The Balaban J connectivity index is 1.75. The zero-order valence-electron chi connectivity index (χ0n) is 16.1. The summed E-state index contributed by atoms with van der Waals surface area (Å²) in [5.41, 5.74) is 4.04. The van der Waals surface area contributed by atoms with Crippen LogP contribution in [-0.2, 0) is 9.59 Å². The lowest BCUT2D eigenvalue weighted by atomic mass is 10.1. The molecule has 3 amide bonds. The smallest absolute Gasteiger partial charge is 0.294 e. The molecule has 0 atom stereocenters. The van der Waals surface area contributed by atoms with Gasteiger partial charge >= 0.3 is 0 Å². The number of thioether (sulfide) groups is 1. The largest absolute Gasteiger partial charge is 0.506 e. The molecule has 2 N–H and O–H groups in total. The molecule has 6 nitrogen and oxygen atoms in total. The second-order valence-electron chi connectivity index (χ2n) is 6.80. The molecule has 3 rings (SSSR count). The van der Waals surface area contributed by atoms with Gasteiger partial charge in [0.1, 0.15) is 12.3 Å². The van der Waals surface area contributed by atoms with Gasteiger partial charge in [0.15, 0.2) is 0 Å². The molecule has 0 spiro atoms. The van der Waals surface area contributed by atoms with Gasteiger partial charge < -0.3 is 10.4 Å². The van der Waals surface area contributed by atoms with Crippen LogP contribution in [0.15, 0.2) is 39.7 Å². The van der Waals surface area contributed by atoms with Crippen molar-refractivity contribution in [3.8, 4) is 5.75 Å². The normalized spacial score (nSPS) is 15.3. The maximum Gasteiger partial charge on any atom is 0.294 e. The van der Waals surface area contributed by atoms with Crippen LogP contribution in [0.1, 0.15) is 22.3 Å². The number of phenols is 1. The van der Waals surface area contributed by atoms with Gasteiger partial charge in [0, 0.05) is 11.3 Å². The quantitative estimate of drug-likeness (QED) is 0.623. The number of carbonyl (C=O) groups is 3. The number of anilines is 1. The van der Waals surface area contributed by atoms with E-state index < -0.39 is 17.1 Å². The molecule has 1 aliphatic heterocycles. The first kappa shape index (κ1) is 21.1. The predicted octanol–water partition coefficient (Wildman–Crippen LogP) is 4.75. The van der Waals surface area contributed by atoms with Crippen molar-refractivity contribution in [3.05, 3.63) is 62.0 Å². The number of phenolic OH excluding ortho intramolecular Hbond substituents is 1. The molecule has 2 aromatic rings. The molecule has 1 saturated heterocycles. The van der Waals surface area contributed by atoms with Gasteiger partial charge in [0.2, 0.25) is 5.91 Å². The number of aryl methyl sites for hydroxylation is 3. The van der Waals surface area contributed by atoms with E-state index in [1.807, 2.05) is 32.9 Å². The summed E-state index contributed by atoms with van der Waals surface area (Å²) >= 11 is 4.00. The van der Waals surface area contributed by atoms with Crippen LogP contribution in [0.4, 0.5) is 10.5 Å². The monoisotopic (exact) mass is 474 g/mol. The number of halogens is 1. The highest BCUT2D eigenvalue weighted by Gasteiger charge is 2.36. The molecule has 0 radical (unpaired) electrons. The van der Waals surface area contributed by atoms with Gasteiger partial charge in [-0.3, -0.25) is 19.3 Å². The van der Waals surface area contributed by atoms with E-state index in [-0.39, 0.29) is 17.2 Å². The molecule has 0 unspecified atom stereocenters. The maximum absolute atomic E-state index is 12.6. The van der Waals surface area contributed by atoms with Crippen LogP contribution in [0.3, 0.4) is 0 Å². The minimum absolute atomic E-state index is 0.0186. The van der Waals surface area contributed by atoms with Gasteiger partial charge in [-0.2, -0.15) is 0 Å². The number of amides is 3. The molecular weight excluding hydrogens is 456 g/mol. The lowest BCUT2D eigenvalue weighted by Crippen LogP contribution is -2.36. The van der Waals surface area contributed by atoms with E-state index in [9.17, 15) is 19.5 Å². The van der Waals surface area contributed by atoms with Gasteiger partial charge in [-0.15, -0.1) is 0 Å². The number of rotatable bonds is 4. The minimum atomic E-state index is -0.563. The fourth-order valence-electron chi connectivity index (χ4n) is 2.81. The van der Waals surface area contributed by atoms with Crippen molar-refractivity contribution >= 4 is 56.5 Å². The van der Waals surface area contributed by atoms with E-state index in [4.69, 9.17) is 0 Å². The zero-order chi connectivity index (χ0) is 21.3. The third-order valence-corrected chi connectivity index (χ3v) is 6.00. The summed E-state index contributed by atoms with van der Waals surface area (Å²) in [7, 11) is 0. The van der Waals surface area contributed by atoms with Crippen LogP contribution in [0.5, 0.6) is 5.75 Å². The van der Waals surface area contributed by atoms with Crippen LogP contribution in [0.2, 0.25) is 0 Å². The van der Waals surface area contributed by atoms with Crippen molar-refractivity contribution in [2.24, 2.45) is 0 Å². The highest BCUT2D eigenvalue weighted by atomic mass is 79.9. The van der Waals surface area contributed by atoms with Crippen molar-refractivity contribution in [2.45, 2.75) is 20.8 Å². The third kappa shape index (κ3) is 4.71. The van der Waals surface area contributed by atoms with E-state index in [1.54, 1.807) is 18.2 Å². The lowest BCUT2D eigenvalue weighted by Gasteiger charge is -2.13. The van der Waals surface area contributed by atoms with E-state index in [0.717, 1.165) is 33.4 Å². The second-order valence-corrected chi connectivity index (χ2v) is 8.65. The Kier molecular flexibility index (Phi) is 6.14. The molecule has 29 heavy (non-hydrogen) atoms. The Bertz CT molecular complexity index is 1060. The summed E-state index contributed by atoms with van der Waals surface area (Å²) in [6, 6.07) is 8.95. The SMILES string of the molecule is Cc1cc(Br)c(O)c(C=C2SC(=O)N(CC(=O)Nc3ccc(C)c(C)c3)C2=O)c1. The minimum Gasteiger partial charge on any atom is -0.506 e. The Morgan fingerprint density at radius 2 is 1.90 bits per heavy atom. The van der Waals surface area contributed by atoms with Crippen LogP contribution < -0.4 is 5.32 Å². The Hall–Kier alpha value is -2.58. The highest BCUT2D eigenvalue weighted by Crippen LogP contribution is 2.36. The number of aromatic hydroxyl groups is 1. The van der Waals surface area contributed by atoms with Crippen molar-refractivity contribution in [2.75, 3.05) is 11.9 Å². The third-order valence-electron chi connectivity index (χ3n) is 4.49. The van der Waals surface area contributed by atoms with Crippen molar-refractivity contribution < 1.29 is 19.5 Å². The van der Waals surface area contributed by atoms with Gasteiger partial charge in [0.25, 0.3) is 11.1 Å². The summed E-state index contributed by atoms with van der Waals surface area (Å²) in [5.74, 6) is -1.04. The Labute approximate surface area is 181 Å². The van der Waals surface area contributed by atoms with Crippen LogP contribution in [-0.4, -0.2) is 33.6 Å². The molecule has 0 aliphatic carbocycles. The number of nitrogens with zero attached hydrogens (tertiary/aromatic N) is 1. The van der Waals surface area contributed by atoms with Crippen molar-refractivity contribution in [3.63, 3.8) is 0 Å². The average Bonchev–Trinajstić information content (AvgIpc) is 2.90. The highest BCUT2D eigenvalue weighted by molar-refractivity contribution is 9.10. The van der Waals surface area contributed by atoms with E-state index in [0.29, 0.717) is 15.7 Å². The fourth-order valence-corrected chi connectivity index (χ4v) is 4.23. The molecular formula is C21H19BrN2O4S. The van der Waals surface area contributed by atoms with Crippen molar-refractivity contribution in [1.82, 2.24) is 4.90 Å². The van der Waals surface area contributed by atoms with Gasteiger partial charge in [-0.1, -0.05) is 6.07 Å². The molecule has 2 aromatic carbocycles. The first-order valence-electron chi connectivity index (χ1n) is 8.77. The van der Waals surface area contributed by atoms with Gasteiger partial charge in [-0.25, -0.2) is 0 Å². The number of hydrogen-bond acceptors (Lipinski definition) is 5. The van der Waals surface area contributed by atoms with Crippen molar-refractivity contribution in [1.29, 1.82) is 0 Å². The molecule has 0 aromatic heterocycles. The number of carbonyl (C=O) groups excluding carboxylic acids is 3. The standard InChI is InChI=1S/C21H19BrN2O4S/c1-11-6-14(19(26)16(22)7-11)9-17-20(27)24(21(28)29-17)10-18(25)23-15-5-4-12(2)13(3)8-15/h4-9,26H,10H2,1-3H3,(H,23,25). The van der Waals surface area contributed by atoms with E-state index in [1.165, 1.54) is 6.08 Å². The average molecular weight is 475 g/mol. The maximum atomic E-state index is 12.6. The predicted molar refractivity (Wildman–Crippen MR) is 118 cm³/mol. The van der Waals surface area contributed by atoms with E-state index in [2.05, 4.69) is 21.2 Å². The first-order valence-corrected chi connectivity index (χ1v) is 10.4. The number of imide groups is 1. The van der Waals surface area contributed by atoms with Crippen LogP contribution >= 0.6 is 27.7 Å². The molecule has 1 aliphatic rings. The van der Waals surface area contributed by atoms with Crippen LogP contribution in [0.25, 0.3) is 6.08 Å². The van der Waals surface area contributed by atoms with Gasteiger partial charge in [0.05, 0.1) is 9.38 Å². The second kappa shape index (κ2) is 8.42. The number of hydrogen-bond donors (Lipinski definition) is 2. The Morgan fingerprint density at radius 1 is 1.17 bits per heavy atom. The Morgan fingerprint density at radius 3 is 2.59 bits per heavy atom. The molecule has 0 saturated carbocycles. The lowest BCUT2D eigenvalue weighted by molar-refractivity contribution is -0.127. The topological polar surface area (TPSA) is 86.7 Å². The summed E-state index contributed by atoms with van der Waals surface area (Å²) in [5, 5.41) is 12.4. The first-order chi connectivity index (χ1) is 13.7. The summed E-state index contributed by atoms with van der Waals surface area (Å²) in [4.78, 5) is 38.3. The molecule has 8 heteroatoms. The number of nitrogens with one attached hydrogen (secondary N) is 1. The van der Waals surface area contributed by atoms with E-state index >= 15 is 0 Å².